The van der Waals surface area contributed by atoms with Crippen molar-refractivity contribution in [3.8, 4) is 0 Å². The van der Waals surface area contributed by atoms with E-state index < -0.39 is 29.3 Å². The highest BCUT2D eigenvalue weighted by atomic mass is 16.6. The van der Waals surface area contributed by atoms with Crippen molar-refractivity contribution in [1.29, 1.82) is 0 Å². The molecule has 0 bridgehead atoms. The summed E-state index contributed by atoms with van der Waals surface area (Å²) in [5.41, 5.74) is 0.982. The first-order valence-corrected chi connectivity index (χ1v) is 10.3. The lowest BCUT2D eigenvalue weighted by atomic mass is 10.1. The molecule has 0 unspecified atom stereocenters. The fraction of sp³-hybridized carbons (Fsp3) is 0.125. The minimum absolute atomic E-state index is 0.0659. The average Bonchev–Trinajstić information content (AvgIpc) is 2.83. The number of amides is 2. The van der Waals surface area contributed by atoms with E-state index in [0.29, 0.717) is 12.2 Å². The number of nitrogens with zero attached hydrogens (tertiary/aromatic N) is 1. The minimum Gasteiger partial charge on any atom is -0.452 e. The van der Waals surface area contributed by atoms with E-state index in [-0.39, 0.29) is 28.2 Å². The predicted octanol–water partition coefficient (Wildman–Crippen LogP) is 4.07. The lowest BCUT2D eigenvalue weighted by Gasteiger charge is -2.12. The van der Waals surface area contributed by atoms with Crippen LogP contribution in [-0.2, 0) is 9.53 Å². The van der Waals surface area contributed by atoms with Gasteiger partial charge in [0.15, 0.2) is 6.61 Å². The Bertz CT molecular complexity index is 1210. The van der Waals surface area contributed by atoms with Gasteiger partial charge in [-0.1, -0.05) is 30.3 Å². The van der Waals surface area contributed by atoms with E-state index in [1.165, 1.54) is 12.1 Å². The highest BCUT2D eigenvalue weighted by Crippen LogP contribution is 2.26. The van der Waals surface area contributed by atoms with Crippen LogP contribution in [0.25, 0.3) is 0 Å². The van der Waals surface area contributed by atoms with Crippen molar-refractivity contribution in [1.82, 2.24) is 0 Å². The molecule has 0 aromatic heterocycles. The second-order valence-corrected chi connectivity index (χ2v) is 7.01. The van der Waals surface area contributed by atoms with E-state index in [0.717, 1.165) is 6.07 Å². The van der Waals surface area contributed by atoms with E-state index in [4.69, 9.17) is 4.74 Å². The number of hydrogen-bond donors (Lipinski definition) is 3. The molecular formula is C24H22N4O6. The van der Waals surface area contributed by atoms with E-state index >= 15 is 0 Å². The molecule has 3 aromatic rings. The Morgan fingerprint density at radius 2 is 1.62 bits per heavy atom. The molecule has 174 valence electrons. The maximum Gasteiger partial charge on any atom is 0.338 e. The van der Waals surface area contributed by atoms with Crippen LogP contribution in [0.3, 0.4) is 0 Å². The number of carbonyl (C=O) groups is 3. The second-order valence-electron chi connectivity index (χ2n) is 7.01. The average molecular weight is 462 g/mol. The molecule has 0 aliphatic carbocycles. The van der Waals surface area contributed by atoms with Gasteiger partial charge < -0.3 is 20.7 Å². The van der Waals surface area contributed by atoms with Crippen LogP contribution in [0.5, 0.6) is 0 Å². The lowest BCUT2D eigenvalue weighted by molar-refractivity contribution is -0.384. The molecule has 3 aromatic carbocycles. The summed E-state index contributed by atoms with van der Waals surface area (Å²) >= 11 is 0. The van der Waals surface area contributed by atoms with Crippen molar-refractivity contribution >= 4 is 40.5 Å². The summed E-state index contributed by atoms with van der Waals surface area (Å²) in [6.45, 7) is 1.61. The summed E-state index contributed by atoms with van der Waals surface area (Å²) < 4.78 is 5.00. The van der Waals surface area contributed by atoms with Crippen LogP contribution in [0, 0.1) is 10.1 Å². The highest BCUT2D eigenvalue weighted by molar-refractivity contribution is 6.10. The highest BCUT2D eigenvalue weighted by Gasteiger charge is 2.19. The van der Waals surface area contributed by atoms with Gasteiger partial charge in [0.25, 0.3) is 17.5 Å². The molecule has 0 atom stereocenters. The van der Waals surface area contributed by atoms with Crippen molar-refractivity contribution in [2.45, 2.75) is 6.92 Å². The fourth-order valence-electron chi connectivity index (χ4n) is 3.06. The zero-order valence-corrected chi connectivity index (χ0v) is 18.2. The van der Waals surface area contributed by atoms with E-state index in [9.17, 15) is 24.5 Å². The Morgan fingerprint density at radius 1 is 0.912 bits per heavy atom. The van der Waals surface area contributed by atoms with Crippen LogP contribution >= 0.6 is 0 Å². The Kier molecular flexibility index (Phi) is 7.90. The topological polar surface area (TPSA) is 140 Å². The molecular weight excluding hydrogens is 440 g/mol. The number of rotatable bonds is 9. The van der Waals surface area contributed by atoms with Crippen LogP contribution in [0.1, 0.15) is 27.6 Å². The lowest BCUT2D eigenvalue weighted by Crippen LogP contribution is -2.23. The van der Waals surface area contributed by atoms with Crippen LogP contribution in [-0.4, -0.2) is 35.9 Å². The Morgan fingerprint density at radius 3 is 2.32 bits per heavy atom. The monoisotopic (exact) mass is 462 g/mol. The molecule has 34 heavy (non-hydrogen) atoms. The molecule has 10 heteroatoms. The number of carbonyl (C=O) groups excluding carboxylic acids is 3. The first-order valence-electron chi connectivity index (χ1n) is 10.3. The van der Waals surface area contributed by atoms with Crippen molar-refractivity contribution < 1.29 is 24.0 Å². The van der Waals surface area contributed by atoms with Crippen molar-refractivity contribution in [2.24, 2.45) is 0 Å². The maximum atomic E-state index is 12.6. The zero-order chi connectivity index (χ0) is 24.5. The smallest absolute Gasteiger partial charge is 0.338 e. The molecule has 0 heterocycles. The van der Waals surface area contributed by atoms with Crippen LogP contribution in [0.2, 0.25) is 0 Å². The standard InChI is InChI=1S/C24H22N4O6/c1-2-25-20-13-12-16(14-21(20)28(32)33)24(31)34-15-22(29)27-19-11-7-6-10-18(19)23(30)26-17-8-4-3-5-9-17/h3-14,25H,2,15H2,1H3,(H,26,30)(H,27,29). The van der Waals surface area contributed by atoms with Crippen LogP contribution in [0.15, 0.2) is 72.8 Å². The Balaban J connectivity index is 1.63. The summed E-state index contributed by atoms with van der Waals surface area (Å²) in [4.78, 5) is 47.9. The molecule has 0 aliphatic heterocycles. The number of nitrogens with one attached hydrogen (secondary N) is 3. The number of anilines is 3. The van der Waals surface area contributed by atoms with E-state index in [2.05, 4.69) is 16.0 Å². The Hall–Kier alpha value is -4.73. The normalized spacial score (nSPS) is 10.1. The number of ether oxygens (including phenoxy) is 1. The van der Waals surface area contributed by atoms with Crippen molar-refractivity contribution in [3.63, 3.8) is 0 Å². The first-order chi connectivity index (χ1) is 16.4. The van der Waals surface area contributed by atoms with E-state index in [1.807, 2.05) is 6.07 Å². The van der Waals surface area contributed by atoms with Gasteiger partial charge in [-0.15, -0.1) is 0 Å². The number of para-hydroxylation sites is 2. The van der Waals surface area contributed by atoms with Crippen molar-refractivity contribution in [2.75, 3.05) is 29.1 Å². The number of nitro groups is 1. The molecule has 0 saturated heterocycles. The minimum atomic E-state index is -0.892. The summed E-state index contributed by atoms with van der Waals surface area (Å²) in [6, 6.07) is 19.1. The zero-order valence-electron chi connectivity index (χ0n) is 18.2. The molecule has 0 spiro atoms. The summed E-state index contributed by atoms with van der Waals surface area (Å²) in [5, 5.41) is 19.4. The van der Waals surface area contributed by atoms with Gasteiger partial charge in [0.2, 0.25) is 0 Å². The molecule has 2 amide bonds. The third-order valence-electron chi connectivity index (χ3n) is 4.61. The first kappa shape index (κ1) is 23.9. The van der Waals surface area contributed by atoms with Gasteiger partial charge in [-0.3, -0.25) is 19.7 Å². The maximum absolute atomic E-state index is 12.6. The predicted molar refractivity (Wildman–Crippen MR) is 127 cm³/mol. The summed E-state index contributed by atoms with van der Waals surface area (Å²) in [5.74, 6) is -1.99. The molecule has 0 saturated carbocycles. The van der Waals surface area contributed by atoms with E-state index in [1.54, 1.807) is 55.5 Å². The third-order valence-corrected chi connectivity index (χ3v) is 4.61. The Labute approximate surface area is 195 Å². The molecule has 0 aliphatic rings. The molecule has 10 nitrogen and oxygen atoms in total. The van der Waals surface area contributed by atoms with Crippen LogP contribution in [0.4, 0.5) is 22.7 Å². The van der Waals surface area contributed by atoms with Gasteiger partial charge in [-0.25, -0.2) is 4.79 Å². The number of nitro benzene ring substituents is 1. The fourth-order valence-corrected chi connectivity index (χ4v) is 3.06. The van der Waals surface area contributed by atoms with Gasteiger partial charge in [0.1, 0.15) is 5.69 Å². The number of hydrogen-bond acceptors (Lipinski definition) is 7. The number of benzene rings is 3. The molecule has 0 fully saturated rings. The third kappa shape index (κ3) is 6.16. The van der Waals surface area contributed by atoms with Gasteiger partial charge in [-0.2, -0.15) is 0 Å². The van der Waals surface area contributed by atoms with Crippen LogP contribution < -0.4 is 16.0 Å². The van der Waals surface area contributed by atoms with Gasteiger partial charge in [0.05, 0.1) is 21.7 Å². The summed E-state index contributed by atoms with van der Waals surface area (Å²) in [7, 11) is 0. The number of esters is 1. The summed E-state index contributed by atoms with van der Waals surface area (Å²) in [6.07, 6.45) is 0. The molecule has 3 N–H and O–H groups in total. The molecule has 0 radical (unpaired) electrons. The van der Waals surface area contributed by atoms with Gasteiger partial charge in [-0.05, 0) is 43.3 Å². The van der Waals surface area contributed by atoms with Gasteiger partial charge in [0, 0.05) is 18.3 Å². The quantitative estimate of drug-likeness (QED) is 0.247. The molecule has 3 rings (SSSR count). The second kappa shape index (κ2) is 11.2. The van der Waals surface area contributed by atoms with Crippen molar-refractivity contribution in [3.05, 3.63) is 94.0 Å². The van der Waals surface area contributed by atoms with Gasteiger partial charge >= 0.3 is 5.97 Å². The SMILES string of the molecule is CCNc1ccc(C(=O)OCC(=O)Nc2ccccc2C(=O)Nc2ccccc2)cc1[N+](=O)[O-]. The largest absolute Gasteiger partial charge is 0.452 e.